The van der Waals surface area contributed by atoms with E-state index in [0.29, 0.717) is 12.0 Å². The molecule has 1 aromatic rings. The van der Waals surface area contributed by atoms with Gasteiger partial charge in [0.2, 0.25) is 0 Å². The number of ketones is 1. The molecular weight excluding hydrogens is 280 g/mol. The van der Waals surface area contributed by atoms with E-state index in [0.717, 1.165) is 12.8 Å². The third-order valence-electron chi connectivity index (χ3n) is 2.78. The maximum Gasteiger partial charge on any atom is 0.309 e. The summed E-state index contributed by atoms with van der Waals surface area (Å²) in [4.78, 5) is 11.3. The topological polar surface area (TPSA) is 69.7 Å². The van der Waals surface area contributed by atoms with Crippen LogP contribution in [0.5, 0.6) is 11.5 Å². The number of Topliss-reactive ketones (excluding diaryl/α,β-unsaturated/α-hetero) is 1. The van der Waals surface area contributed by atoms with Crippen LogP contribution < -0.4 is 8.92 Å². The predicted molar refractivity (Wildman–Crippen MR) is 76.9 cm³/mol. The van der Waals surface area contributed by atoms with Crippen molar-refractivity contribution in [1.82, 2.24) is 0 Å². The van der Waals surface area contributed by atoms with E-state index in [2.05, 4.69) is 0 Å². The summed E-state index contributed by atoms with van der Waals surface area (Å²) in [6, 6.07) is 4.42. The zero-order valence-corrected chi connectivity index (χ0v) is 12.8. The van der Waals surface area contributed by atoms with Crippen molar-refractivity contribution in [2.75, 3.05) is 12.9 Å². The molecule has 20 heavy (non-hydrogen) atoms. The van der Waals surface area contributed by atoms with Crippen LogP contribution in [0.2, 0.25) is 0 Å². The normalized spacial score (nSPS) is 11.2. The van der Waals surface area contributed by atoms with Crippen LogP contribution in [0.15, 0.2) is 18.2 Å². The summed E-state index contributed by atoms with van der Waals surface area (Å²) >= 11 is 0. The van der Waals surface area contributed by atoms with Crippen molar-refractivity contribution < 1.29 is 22.1 Å². The Labute approximate surface area is 120 Å². The van der Waals surface area contributed by atoms with Gasteiger partial charge in [-0.05, 0) is 31.5 Å². The smallest absolute Gasteiger partial charge is 0.309 e. The molecule has 0 amide bonds. The third kappa shape index (κ3) is 4.85. The fraction of sp³-hybridized carbons (Fsp3) is 0.500. The minimum atomic E-state index is -3.64. The molecule has 0 spiro atoms. The highest BCUT2D eigenvalue weighted by Gasteiger charge is 2.16. The van der Waals surface area contributed by atoms with Crippen LogP contribution in [0.1, 0.15) is 43.5 Å². The molecule has 0 radical (unpaired) electrons. The van der Waals surface area contributed by atoms with E-state index in [1.54, 1.807) is 0 Å². The van der Waals surface area contributed by atoms with Gasteiger partial charge in [0, 0.05) is 5.56 Å². The standard InChI is InChI=1S/C14H20O5S/c1-4-5-6-9-20(16,17)19-13-8-7-12(11(2)15)10-14(13)18-3/h7-8,10H,4-6,9H2,1-3H3. The van der Waals surface area contributed by atoms with Crippen molar-refractivity contribution >= 4 is 15.9 Å². The maximum atomic E-state index is 11.8. The molecule has 0 aliphatic heterocycles. The molecule has 6 heteroatoms. The van der Waals surface area contributed by atoms with Crippen LogP contribution in [0.4, 0.5) is 0 Å². The Morgan fingerprint density at radius 1 is 1.20 bits per heavy atom. The highest BCUT2D eigenvalue weighted by Crippen LogP contribution is 2.29. The van der Waals surface area contributed by atoms with Crippen molar-refractivity contribution in [3.8, 4) is 11.5 Å². The van der Waals surface area contributed by atoms with Gasteiger partial charge in [0.15, 0.2) is 17.3 Å². The minimum absolute atomic E-state index is 0.0293. The highest BCUT2D eigenvalue weighted by atomic mass is 32.2. The average molecular weight is 300 g/mol. The van der Waals surface area contributed by atoms with E-state index in [1.807, 2.05) is 6.92 Å². The number of rotatable bonds is 8. The Balaban J connectivity index is 2.89. The summed E-state index contributed by atoms with van der Waals surface area (Å²) in [5.74, 6) is 0.185. The molecule has 0 N–H and O–H groups in total. The maximum absolute atomic E-state index is 11.8. The van der Waals surface area contributed by atoms with E-state index in [1.165, 1.54) is 32.2 Å². The van der Waals surface area contributed by atoms with Gasteiger partial charge in [-0.25, -0.2) is 0 Å². The van der Waals surface area contributed by atoms with Crippen molar-refractivity contribution in [2.45, 2.75) is 33.1 Å². The van der Waals surface area contributed by atoms with Gasteiger partial charge in [-0.15, -0.1) is 0 Å². The summed E-state index contributed by atoms with van der Waals surface area (Å²) < 4.78 is 33.7. The fourth-order valence-corrected chi connectivity index (χ4v) is 2.71. The second-order valence-corrected chi connectivity index (χ2v) is 6.16. The largest absolute Gasteiger partial charge is 0.493 e. The zero-order valence-electron chi connectivity index (χ0n) is 12.0. The van der Waals surface area contributed by atoms with E-state index in [-0.39, 0.29) is 23.0 Å². The van der Waals surface area contributed by atoms with E-state index >= 15 is 0 Å². The molecule has 1 rings (SSSR count). The highest BCUT2D eigenvalue weighted by molar-refractivity contribution is 7.87. The Hall–Kier alpha value is -1.56. The van der Waals surface area contributed by atoms with E-state index < -0.39 is 10.1 Å². The first-order chi connectivity index (χ1) is 9.39. The van der Waals surface area contributed by atoms with Gasteiger partial charge >= 0.3 is 10.1 Å². The lowest BCUT2D eigenvalue weighted by Gasteiger charge is -2.11. The summed E-state index contributed by atoms with van der Waals surface area (Å²) in [6.07, 6.45) is 2.34. The monoisotopic (exact) mass is 300 g/mol. The predicted octanol–water partition coefficient (Wildman–Crippen LogP) is 2.80. The molecule has 0 aliphatic rings. The molecule has 0 aromatic heterocycles. The van der Waals surface area contributed by atoms with Crippen LogP contribution in [0.3, 0.4) is 0 Å². The first kappa shape index (κ1) is 16.5. The summed E-state index contributed by atoms with van der Waals surface area (Å²) in [7, 11) is -2.24. The van der Waals surface area contributed by atoms with Gasteiger partial charge in [-0.3, -0.25) is 4.79 Å². The quantitative estimate of drug-likeness (QED) is 0.419. The van der Waals surface area contributed by atoms with Crippen molar-refractivity contribution in [3.63, 3.8) is 0 Å². The molecule has 0 atom stereocenters. The first-order valence-corrected chi connectivity index (χ1v) is 8.08. The Morgan fingerprint density at radius 2 is 1.90 bits per heavy atom. The summed E-state index contributed by atoms with van der Waals surface area (Å²) in [5.41, 5.74) is 0.442. The number of unbranched alkanes of at least 4 members (excludes halogenated alkanes) is 2. The number of methoxy groups -OCH3 is 1. The summed E-state index contributed by atoms with van der Waals surface area (Å²) in [5, 5.41) is 0. The van der Waals surface area contributed by atoms with Crippen molar-refractivity contribution in [2.24, 2.45) is 0 Å². The number of benzene rings is 1. The lowest BCUT2D eigenvalue weighted by Crippen LogP contribution is -2.14. The van der Waals surface area contributed by atoms with Crippen LogP contribution >= 0.6 is 0 Å². The molecule has 0 saturated carbocycles. The SMILES string of the molecule is CCCCCS(=O)(=O)Oc1ccc(C(C)=O)cc1OC. The summed E-state index contributed by atoms with van der Waals surface area (Å²) in [6.45, 7) is 3.42. The van der Waals surface area contributed by atoms with E-state index in [4.69, 9.17) is 8.92 Å². The second-order valence-electron chi connectivity index (χ2n) is 4.47. The van der Waals surface area contributed by atoms with E-state index in [9.17, 15) is 13.2 Å². The molecule has 0 unspecified atom stereocenters. The van der Waals surface area contributed by atoms with Crippen LogP contribution in [0.25, 0.3) is 0 Å². The molecule has 0 bridgehead atoms. The molecule has 0 fully saturated rings. The Kier molecular flexibility index (Phi) is 6.01. The average Bonchev–Trinajstić information content (AvgIpc) is 2.38. The second kappa shape index (κ2) is 7.28. The third-order valence-corrected chi connectivity index (χ3v) is 4.01. The molecule has 112 valence electrons. The number of ether oxygens (including phenoxy) is 1. The van der Waals surface area contributed by atoms with Crippen molar-refractivity contribution in [1.29, 1.82) is 0 Å². The van der Waals surface area contributed by atoms with Gasteiger partial charge in [0.05, 0.1) is 12.9 Å². The molecule has 0 saturated heterocycles. The molecule has 1 aromatic carbocycles. The van der Waals surface area contributed by atoms with Crippen molar-refractivity contribution in [3.05, 3.63) is 23.8 Å². The van der Waals surface area contributed by atoms with Crippen LogP contribution in [-0.4, -0.2) is 27.1 Å². The van der Waals surface area contributed by atoms with Gasteiger partial charge < -0.3 is 8.92 Å². The molecular formula is C14H20O5S. The van der Waals surface area contributed by atoms with Gasteiger partial charge in [0.25, 0.3) is 0 Å². The Bertz CT molecular complexity index is 563. The van der Waals surface area contributed by atoms with Gasteiger partial charge in [0.1, 0.15) is 0 Å². The lowest BCUT2D eigenvalue weighted by atomic mass is 10.1. The zero-order chi connectivity index (χ0) is 15.2. The molecule has 0 aliphatic carbocycles. The lowest BCUT2D eigenvalue weighted by molar-refractivity contribution is 0.101. The number of hydrogen-bond donors (Lipinski definition) is 0. The number of carbonyl (C=O) groups excluding carboxylic acids is 1. The first-order valence-electron chi connectivity index (χ1n) is 6.50. The molecule has 0 heterocycles. The molecule has 5 nitrogen and oxygen atoms in total. The number of carbonyl (C=O) groups is 1. The minimum Gasteiger partial charge on any atom is -0.493 e. The fourth-order valence-electron chi connectivity index (χ4n) is 1.66. The Morgan fingerprint density at radius 3 is 2.45 bits per heavy atom. The number of hydrogen-bond acceptors (Lipinski definition) is 5. The van der Waals surface area contributed by atoms with Gasteiger partial charge in [-0.2, -0.15) is 8.42 Å². The van der Waals surface area contributed by atoms with Crippen LogP contribution in [0, 0.1) is 0 Å². The van der Waals surface area contributed by atoms with Gasteiger partial charge in [-0.1, -0.05) is 19.8 Å². The van der Waals surface area contributed by atoms with Crippen LogP contribution in [-0.2, 0) is 10.1 Å².